The van der Waals surface area contributed by atoms with E-state index >= 15 is 0 Å². The van der Waals surface area contributed by atoms with E-state index < -0.39 is 21.8 Å². The van der Waals surface area contributed by atoms with Gasteiger partial charge in [-0.25, -0.2) is 23.2 Å². The minimum Gasteiger partial charge on any atom is -0.345 e. The fraction of sp³-hybridized carbons (Fsp3) is 0.429. The number of hydrogen-bond donors (Lipinski definition) is 4. The van der Waals surface area contributed by atoms with Crippen LogP contribution in [-0.2, 0) is 9.84 Å². The molecule has 1 atom stereocenters. The molecule has 130 valence electrons. The van der Waals surface area contributed by atoms with Crippen LogP contribution in [0.3, 0.4) is 0 Å². The minimum atomic E-state index is -3.55. The van der Waals surface area contributed by atoms with Crippen LogP contribution in [-0.4, -0.2) is 46.7 Å². The smallest absolute Gasteiger partial charge is 0.320 e. The Bertz CT molecular complexity index is 845. The van der Waals surface area contributed by atoms with Crippen LogP contribution in [0.1, 0.15) is 20.3 Å². The van der Waals surface area contributed by atoms with Crippen molar-refractivity contribution in [1.29, 1.82) is 5.41 Å². The molecule has 2 amide bonds. The van der Waals surface area contributed by atoms with Crippen LogP contribution >= 0.6 is 0 Å². The van der Waals surface area contributed by atoms with Crippen molar-refractivity contribution in [3.63, 3.8) is 0 Å². The number of hydrogen-bond acceptors (Lipinski definition) is 6. The normalized spacial score (nSPS) is 12.8. The number of sulfone groups is 1. The van der Waals surface area contributed by atoms with Crippen LogP contribution in [0, 0.1) is 11.3 Å². The molecule has 0 aliphatic carbocycles. The second kappa shape index (κ2) is 7.39. The highest BCUT2D eigenvalue weighted by Gasteiger charge is 2.24. The average Bonchev–Trinajstić information content (AvgIpc) is 3.02. The molecule has 0 bridgehead atoms. The first kappa shape index (κ1) is 17.9. The van der Waals surface area contributed by atoms with Crippen molar-refractivity contribution in [3.8, 4) is 0 Å². The fourth-order valence-corrected chi connectivity index (χ4v) is 3.17. The highest BCUT2D eigenvalue weighted by molar-refractivity contribution is 8.06. The zero-order valence-corrected chi connectivity index (χ0v) is 14.3. The van der Waals surface area contributed by atoms with E-state index in [4.69, 9.17) is 5.41 Å². The Kier molecular flexibility index (Phi) is 5.50. The van der Waals surface area contributed by atoms with E-state index in [1.165, 1.54) is 13.1 Å². The number of carbonyl (C=O) groups excluding carboxylic acids is 1. The number of nitrogens with zero attached hydrogens (tertiary/aromatic N) is 2. The predicted molar refractivity (Wildman–Crippen MR) is 91.9 cm³/mol. The van der Waals surface area contributed by atoms with Gasteiger partial charge in [-0.05, 0) is 12.5 Å². The summed E-state index contributed by atoms with van der Waals surface area (Å²) in [6.45, 7) is 3.32. The van der Waals surface area contributed by atoms with Gasteiger partial charge in [0.2, 0.25) is 0 Å². The van der Waals surface area contributed by atoms with E-state index in [0.717, 1.165) is 0 Å². The summed E-state index contributed by atoms with van der Waals surface area (Å²) < 4.78 is 23.5. The Morgan fingerprint density at radius 2 is 2.17 bits per heavy atom. The SMILES string of the molecule is CCC(CNC(=O)Nc1cnc2[nH]ccc2n1)C(=N)S(=O)(=O)CC. The van der Waals surface area contributed by atoms with E-state index in [2.05, 4.69) is 25.6 Å². The van der Waals surface area contributed by atoms with Gasteiger partial charge in [0, 0.05) is 18.7 Å². The van der Waals surface area contributed by atoms with Gasteiger partial charge in [0.1, 0.15) is 10.6 Å². The largest absolute Gasteiger partial charge is 0.345 e. The predicted octanol–water partition coefficient (Wildman–Crippen LogP) is 1.52. The van der Waals surface area contributed by atoms with Crippen LogP contribution < -0.4 is 10.6 Å². The zero-order chi connectivity index (χ0) is 17.7. The van der Waals surface area contributed by atoms with Crippen LogP contribution in [0.2, 0.25) is 0 Å². The molecule has 0 saturated carbocycles. The number of urea groups is 1. The molecular weight excluding hydrogens is 332 g/mol. The molecule has 0 fully saturated rings. The number of rotatable bonds is 6. The van der Waals surface area contributed by atoms with Crippen molar-refractivity contribution >= 4 is 37.9 Å². The van der Waals surface area contributed by atoms with Gasteiger partial charge < -0.3 is 10.3 Å². The van der Waals surface area contributed by atoms with E-state index in [-0.39, 0.29) is 23.2 Å². The third-order valence-corrected chi connectivity index (χ3v) is 5.35. The van der Waals surface area contributed by atoms with Crippen molar-refractivity contribution in [3.05, 3.63) is 18.5 Å². The molecule has 10 heteroatoms. The van der Waals surface area contributed by atoms with E-state index in [1.807, 2.05) is 0 Å². The molecule has 2 aromatic heterocycles. The molecule has 4 N–H and O–H groups in total. The third kappa shape index (κ3) is 4.07. The summed E-state index contributed by atoms with van der Waals surface area (Å²) in [4.78, 5) is 23.1. The molecule has 0 radical (unpaired) electrons. The first-order valence-corrected chi connectivity index (χ1v) is 9.18. The molecule has 24 heavy (non-hydrogen) atoms. The van der Waals surface area contributed by atoms with Gasteiger partial charge in [-0.15, -0.1) is 0 Å². The Hall–Kier alpha value is -2.49. The van der Waals surface area contributed by atoms with Gasteiger partial charge in [0.15, 0.2) is 21.3 Å². The van der Waals surface area contributed by atoms with Crippen molar-refractivity contribution in [1.82, 2.24) is 20.3 Å². The Labute approximate surface area is 139 Å². The number of fused-ring (bicyclic) bond motifs is 1. The van der Waals surface area contributed by atoms with Gasteiger partial charge in [-0.3, -0.25) is 10.7 Å². The Morgan fingerprint density at radius 3 is 2.83 bits per heavy atom. The van der Waals surface area contributed by atoms with Crippen molar-refractivity contribution in [2.45, 2.75) is 20.3 Å². The van der Waals surface area contributed by atoms with E-state index in [1.54, 1.807) is 19.2 Å². The van der Waals surface area contributed by atoms with E-state index in [0.29, 0.717) is 17.6 Å². The summed E-state index contributed by atoms with van der Waals surface area (Å²) in [7, 11) is -3.55. The van der Waals surface area contributed by atoms with Crippen LogP contribution in [0.25, 0.3) is 11.2 Å². The second-order valence-corrected chi connectivity index (χ2v) is 7.42. The Morgan fingerprint density at radius 1 is 1.42 bits per heavy atom. The molecule has 0 spiro atoms. The summed E-state index contributed by atoms with van der Waals surface area (Å²) in [6, 6.07) is 1.20. The molecule has 2 rings (SSSR count). The first-order chi connectivity index (χ1) is 11.4. The fourth-order valence-electron chi connectivity index (χ4n) is 2.10. The van der Waals surface area contributed by atoms with Crippen molar-refractivity contribution < 1.29 is 13.2 Å². The average molecular weight is 352 g/mol. The summed E-state index contributed by atoms with van der Waals surface area (Å²) >= 11 is 0. The molecular formula is C14H20N6O3S. The molecule has 2 aromatic rings. The maximum absolute atomic E-state index is 11.9. The number of H-pyrrole nitrogens is 1. The number of nitrogens with one attached hydrogen (secondary N) is 4. The minimum absolute atomic E-state index is 0.0558. The van der Waals surface area contributed by atoms with Crippen molar-refractivity contribution in [2.75, 3.05) is 17.6 Å². The summed E-state index contributed by atoms with van der Waals surface area (Å²) in [5.74, 6) is -0.399. The maximum atomic E-state index is 11.9. The second-order valence-electron chi connectivity index (χ2n) is 5.17. The highest BCUT2D eigenvalue weighted by Crippen LogP contribution is 2.11. The molecule has 0 aliphatic heterocycles. The summed E-state index contributed by atoms with van der Waals surface area (Å²) in [5, 5.41) is 12.6. The van der Waals surface area contributed by atoms with Gasteiger partial charge in [0.05, 0.1) is 11.9 Å². The Balaban J connectivity index is 1.95. The van der Waals surface area contributed by atoms with Gasteiger partial charge in [-0.2, -0.15) is 0 Å². The van der Waals surface area contributed by atoms with Gasteiger partial charge in [-0.1, -0.05) is 13.8 Å². The van der Waals surface area contributed by atoms with Crippen LogP contribution in [0.5, 0.6) is 0 Å². The molecule has 0 aromatic carbocycles. The monoisotopic (exact) mass is 352 g/mol. The van der Waals surface area contributed by atoms with Crippen LogP contribution in [0.15, 0.2) is 18.5 Å². The lowest BCUT2D eigenvalue weighted by Crippen LogP contribution is -2.38. The van der Waals surface area contributed by atoms with Crippen molar-refractivity contribution in [2.24, 2.45) is 5.92 Å². The quantitative estimate of drug-likeness (QED) is 0.461. The van der Waals surface area contributed by atoms with Crippen LogP contribution in [0.4, 0.5) is 10.6 Å². The molecule has 0 saturated heterocycles. The zero-order valence-electron chi connectivity index (χ0n) is 13.5. The number of anilines is 1. The molecule has 2 heterocycles. The maximum Gasteiger partial charge on any atom is 0.320 e. The molecule has 1 unspecified atom stereocenters. The number of aromatic amines is 1. The molecule has 9 nitrogen and oxygen atoms in total. The van der Waals surface area contributed by atoms with Gasteiger partial charge in [0.25, 0.3) is 0 Å². The number of carbonyl (C=O) groups is 1. The third-order valence-electron chi connectivity index (χ3n) is 3.59. The van der Waals surface area contributed by atoms with E-state index in [9.17, 15) is 13.2 Å². The lowest BCUT2D eigenvalue weighted by Gasteiger charge is -2.16. The lowest BCUT2D eigenvalue weighted by molar-refractivity contribution is 0.251. The number of amides is 2. The topological polar surface area (TPSA) is 141 Å². The summed E-state index contributed by atoms with van der Waals surface area (Å²) in [5.41, 5.74) is 1.24. The molecule has 0 aliphatic rings. The standard InChI is InChI=1S/C14H20N6O3S/c1-3-9(12(15)24(22,23)4-2)7-18-14(21)20-11-8-17-13-10(19-11)5-6-16-13/h5-6,8-9,15H,3-4,7H2,1-2H3,(H,16,17)(H2,18,19,20,21). The van der Waals surface area contributed by atoms with Gasteiger partial charge >= 0.3 is 6.03 Å². The lowest BCUT2D eigenvalue weighted by atomic mass is 10.1. The summed E-state index contributed by atoms with van der Waals surface area (Å²) in [6.07, 6.45) is 3.55. The number of aromatic nitrogens is 3. The highest BCUT2D eigenvalue weighted by atomic mass is 32.2. The first-order valence-electron chi connectivity index (χ1n) is 7.53.